The molecule has 1 aromatic carbocycles. The zero-order valence-electron chi connectivity index (χ0n) is 9.59. The third-order valence-corrected chi connectivity index (χ3v) is 2.10. The Labute approximate surface area is 101 Å². The second kappa shape index (κ2) is 5.48. The number of esters is 1. The number of halogens is 3. The lowest BCUT2D eigenvalue weighted by Crippen LogP contribution is -2.11. The summed E-state index contributed by atoms with van der Waals surface area (Å²) in [6, 6.07) is 1.34. The van der Waals surface area contributed by atoms with Gasteiger partial charge in [-0.1, -0.05) is 0 Å². The fourth-order valence-electron chi connectivity index (χ4n) is 1.24. The summed E-state index contributed by atoms with van der Waals surface area (Å²) < 4.78 is 42.9. The summed E-state index contributed by atoms with van der Waals surface area (Å²) in [6.07, 6.45) is 0.930. The van der Waals surface area contributed by atoms with E-state index in [1.54, 1.807) is 0 Å². The van der Waals surface area contributed by atoms with Gasteiger partial charge in [0.15, 0.2) is 23.2 Å². The Morgan fingerprint density at radius 3 is 2.06 bits per heavy atom. The molecule has 18 heavy (non-hydrogen) atoms. The molecule has 0 amide bonds. The molecule has 0 bridgehead atoms. The predicted molar refractivity (Wildman–Crippen MR) is 57.0 cm³/mol. The molecule has 0 aliphatic rings. The van der Waals surface area contributed by atoms with Crippen molar-refractivity contribution < 1.29 is 27.5 Å². The minimum atomic E-state index is -1.62. The molecule has 0 radical (unpaired) electrons. The van der Waals surface area contributed by atoms with Crippen molar-refractivity contribution in [3.63, 3.8) is 0 Å². The van der Waals surface area contributed by atoms with Crippen molar-refractivity contribution in [1.29, 1.82) is 0 Å². The Balaban J connectivity index is 3.29. The molecule has 0 heterocycles. The van der Waals surface area contributed by atoms with Crippen LogP contribution in [0.2, 0.25) is 0 Å². The van der Waals surface area contributed by atoms with Crippen LogP contribution in [-0.4, -0.2) is 18.9 Å². The number of carbonyl (C=O) groups excluding carboxylic acids is 2. The molecule has 96 valence electrons. The molecule has 1 rings (SSSR count). The van der Waals surface area contributed by atoms with E-state index in [0.717, 1.165) is 20.1 Å². The number of Topliss-reactive ketones (excluding diaryl/α,β-unsaturated/α-hetero) is 1. The van der Waals surface area contributed by atoms with Crippen LogP contribution in [0.25, 0.3) is 6.08 Å². The maximum Gasteiger partial charge on any atom is 0.341 e. The van der Waals surface area contributed by atoms with Gasteiger partial charge in [0.25, 0.3) is 0 Å². The van der Waals surface area contributed by atoms with Crippen LogP contribution in [0.3, 0.4) is 0 Å². The fourth-order valence-corrected chi connectivity index (χ4v) is 1.24. The number of methoxy groups -OCH3 is 1. The topological polar surface area (TPSA) is 43.4 Å². The van der Waals surface area contributed by atoms with E-state index in [4.69, 9.17) is 0 Å². The van der Waals surface area contributed by atoms with E-state index in [-0.39, 0.29) is 11.1 Å². The maximum atomic E-state index is 12.9. The van der Waals surface area contributed by atoms with Crippen LogP contribution >= 0.6 is 0 Å². The zero-order chi connectivity index (χ0) is 13.9. The van der Waals surface area contributed by atoms with Gasteiger partial charge in [-0.05, 0) is 30.7 Å². The summed E-state index contributed by atoms with van der Waals surface area (Å²) in [5, 5.41) is 0. The molecule has 0 N–H and O–H groups in total. The molecule has 3 nitrogen and oxygen atoms in total. The lowest BCUT2D eigenvalue weighted by Gasteiger charge is -2.02. The van der Waals surface area contributed by atoms with Crippen molar-refractivity contribution in [2.45, 2.75) is 6.92 Å². The first-order valence-electron chi connectivity index (χ1n) is 4.82. The summed E-state index contributed by atoms with van der Waals surface area (Å²) in [6.45, 7) is 1.10. The number of ether oxygens (including phenoxy) is 1. The zero-order valence-corrected chi connectivity index (χ0v) is 9.59. The second-order valence-corrected chi connectivity index (χ2v) is 3.40. The van der Waals surface area contributed by atoms with Crippen LogP contribution in [0, 0.1) is 17.5 Å². The van der Waals surface area contributed by atoms with Gasteiger partial charge >= 0.3 is 5.97 Å². The highest BCUT2D eigenvalue weighted by molar-refractivity contribution is 6.19. The summed E-state index contributed by atoms with van der Waals surface area (Å²) in [5.74, 6) is -6.00. The first kappa shape index (κ1) is 14.0. The molecular weight excluding hydrogens is 249 g/mol. The van der Waals surface area contributed by atoms with E-state index in [2.05, 4.69) is 4.74 Å². The Morgan fingerprint density at radius 1 is 1.17 bits per heavy atom. The Hall–Kier alpha value is -2.11. The second-order valence-electron chi connectivity index (χ2n) is 3.40. The molecule has 0 saturated carbocycles. The van der Waals surface area contributed by atoms with E-state index in [0.29, 0.717) is 12.1 Å². The molecule has 0 spiro atoms. The van der Waals surface area contributed by atoms with Crippen molar-refractivity contribution in [3.8, 4) is 0 Å². The van der Waals surface area contributed by atoms with Gasteiger partial charge in [-0.25, -0.2) is 18.0 Å². The molecule has 0 saturated heterocycles. The number of ketones is 1. The van der Waals surface area contributed by atoms with Crippen molar-refractivity contribution in [2.75, 3.05) is 7.11 Å². The number of benzene rings is 1. The monoisotopic (exact) mass is 258 g/mol. The van der Waals surface area contributed by atoms with Gasteiger partial charge in [-0.2, -0.15) is 0 Å². The Morgan fingerprint density at radius 2 is 1.67 bits per heavy atom. The van der Waals surface area contributed by atoms with Crippen molar-refractivity contribution in [3.05, 3.63) is 40.7 Å². The molecule has 0 atom stereocenters. The molecule has 6 heteroatoms. The third-order valence-electron chi connectivity index (χ3n) is 2.10. The largest absolute Gasteiger partial charge is 0.465 e. The summed E-state index contributed by atoms with van der Waals surface area (Å²) in [7, 11) is 1.06. The quantitative estimate of drug-likeness (QED) is 0.274. The van der Waals surface area contributed by atoms with Gasteiger partial charge in [0.1, 0.15) is 5.57 Å². The average molecular weight is 258 g/mol. The van der Waals surface area contributed by atoms with Gasteiger partial charge in [0, 0.05) is 0 Å². The van der Waals surface area contributed by atoms with E-state index in [1.807, 2.05) is 0 Å². The molecular formula is C12H9F3O3. The van der Waals surface area contributed by atoms with Crippen LogP contribution in [-0.2, 0) is 14.3 Å². The van der Waals surface area contributed by atoms with E-state index >= 15 is 0 Å². The smallest absolute Gasteiger partial charge is 0.341 e. The predicted octanol–water partition coefficient (Wildman–Crippen LogP) is 2.25. The van der Waals surface area contributed by atoms with Gasteiger partial charge in [0.05, 0.1) is 7.11 Å². The van der Waals surface area contributed by atoms with Crippen LogP contribution in [0.5, 0.6) is 0 Å². The van der Waals surface area contributed by atoms with Crippen LogP contribution in [0.15, 0.2) is 17.7 Å². The fraction of sp³-hybridized carbons (Fsp3) is 0.167. The lowest BCUT2D eigenvalue weighted by molar-refractivity contribution is -0.137. The third kappa shape index (κ3) is 2.97. The number of hydrogen-bond donors (Lipinski definition) is 0. The van der Waals surface area contributed by atoms with Gasteiger partial charge < -0.3 is 4.74 Å². The SMILES string of the molecule is COC(=O)/C(=C/c1cc(F)c(F)c(F)c1)C(C)=O. The first-order valence-corrected chi connectivity index (χ1v) is 4.82. The average Bonchev–Trinajstić information content (AvgIpc) is 2.31. The van der Waals surface area contributed by atoms with Crippen LogP contribution < -0.4 is 0 Å². The van der Waals surface area contributed by atoms with Crippen molar-refractivity contribution in [2.24, 2.45) is 0 Å². The number of hydrogen-bond acceptors (Lipinski definition) is 3. The molecule has 0 aliphatic carbocycles. The van der Waals surface area contributed by atoms with Gasteiger partial charge in [-0.15, -0.1) is 0 Å². The van der Waals surface area contributed by atoms with Crippen molar-refractivity contribution in [1.82, 2.24) is 0 Å². The minimum absolute atomic E-state index is 0.151. The maximum absolute atomic E-state index is 12.9. The van der Waals surface area contributed by atoms with Gasteiger partial charge in [0.2, 0.25) is 0 Å². The normalized spacial score (nSPS) is 11.3. The van der Waals surface area contributed by atoms with E-state index < -0.39 is 29.2 Å². The van der Waals surface area contributed by atoms with Crippen LogP contribution in [0.1, 0.15) is 12.5 Å². The standard InChI is InChI=1S/C12H9F3O3/c1-6(16)8(12(17)18-2)3-7-4-9(13)11(15)10(14)5-7/h3-5H,1-2H3/b8-3+. The molecule has 0 aromatic heterocycles. The number of rotatable bonds is 3. The van der Waals surface area contributed by atoms with E-state index in [1.165, 1.54) is 0 Å². The highest BCUT2D eigenvalue weighted by Crippen LogP contribution is 2.16. The Kier molecular flexibility index (Phi) is 4.25. The lowest BCUT2D eigenvalue weighted by atomic mass is 10.1. The summed E-state index contributed by atoms with van der Waals surface area (Å²) in [5.41, 5.74) is -0.537. The van der Waals surface area contributed by atoms with Crippen molar-refractivity contribution >= 4 is 17.8 Å². The highest BCUT2D eigenvalue weighted by atomic mass is 19.2. The highest BCUT2D eigenvalue weighted by Gasteiger charge is 2.16. The van der Waals surface area contributed by atoms with Crippen LogP contribution in [0.4, 0.5) is 13.2 Å². The molecule has 0 fully saturated rings. The minimum Gasteiger partial charge on any atom is -0.465 e. The summed E-state index contributed by atoms with van der Waals surface area (Å²) in [4.78, 5) is 22.4. The van der Waals surface area contributed by atoms with E-state index in [9.17, 15) is 22.8 Å². The molecule has 1 aromatic rings. The summed E-state index contributed by atoms with van der Waals surface area (Å²) >= 11 is 0. The van der Waals surface area contributed by atoms with Gasteiger partial charge in [-0.3, -0.25) is 4.79 Å². The Bertz CT molecular complexity index is 512. The molecule has 0 aliphatic heterocycles. The molecule has 0 unspecified atom stereocenters. The number of carbonyl (C=O) groups is 2. The first-order chi connectivity index (χ1) is 8.36.